The molecule has 0 spiro atoms. The predicted molar refractivity (Wildman–Crippen MR) is 386 cm³/mol. The van der Waals surface area contributed by atoms with E-state index in [0.717, 1.165) is 102 Å². The zero-order valence-electron chi connectivity index (χ0n) is 62.0. The van der Waals surface area contributed by atoms with Gasteiger partial charge in [0.05, 0.1) is 26.4 Å². The molecule has 0 aromatic carbocycles. The Labute approximate surface area is 581 Å². The lowest BCUT2D eigenvalue weighted by Crippen LogP contribution is -2.30. The van der Waals surface area contributed by atoms with Crippen LogP contribution in [0.1, 0.15) is 395 Å². The molecule has 0 fully saturated rings. The van der Waals surface area contributed by atoms with E-state index in [1.807, 2.05) is 0 Å². The van der Waals surface area contributed by atoms with Gasteiger partial charge in [-0.15, -0.1) is 0 Å². The molecular formula is C76H148O17P2. The van der Waals surface area contributed by atoms with E-state index in [4.69, 9.17) is 37.0 Å². The Kier molecular flexibility index (Phi) is 66.5. The number of aliphatic hydroxyl groups excluding tert-OH is 1. The van der Waals surface area contributed by atoms with Crippen LogP contribution in [0, 0.1) is 11.8 Å². The van der Waals surface area contributed by atoms with Crippen molar-refractivity contribution in [1.29, 1.82) is 0 Å². The largest absolute Gasteiger partial charge is 0.472 e. The summed E-state index contributed by atoms with van der Waals surface area (Å²) in [6.07, 6.45) is 55.6. The van der Waals surface area contributed by atoms with Gasteiger partial charge in [0, 0.05) is 25.7 Å². The Morgan fingerprint density at radius 2 is 0.537 bits per heavy atom. The Bertz CT molecular complexity index is 1840. The fraction of sp³-hybridized carbons (Fsp3) is 0.947. The molecule has 0 radical (unpaired) electrons. The highest BCUT2D eigenvalue weighted by Gasteiger charge is 2.30. The van der Waals surface area contributed by atoms with Gasteiger partial charge in [0.15, 0.2) is 12.2 Å². The van der Waals surface area contributed by atoms with Crippen molar-refractivity contribution in [3.05, 3.63) is 0 Å². The second kappa shape index (κ2) is 67.9. The minimum atomic E-state index is -4.96. The highest BCUT2D eigenvalue weighted by Crippen LogP contribution is 2.45. The van der Waals surface area contributed by atoms with Crippen molar-refractivity contribution in [3.8, 4) is 0 Å². The molecule has 0 bridgehead atoms. The van der Waals surface area contributed by atoms with E-state index in [1.54, 1.807) is 0 Å². The minimum absolute atomic E-state index is 0.103. The van der Waals surface area contributed by atoms with Crippen molar-refractivity contribution in [2.24, 2.45) is 11.8 Å². The molecule has 95 heavy (non-hydrogen) atoms. The van der Waals surface area contributed by atoms with Gasteiger partial charge in [-0.25, -0.2) is 9.13 Å². The van der Waals surface area contributed by atoms with Crippen molar-refractivity contribution in [1.82, 2.24) is 0 Å². The van der Waals surface area contributed by atoms with Crippen LogP contribution in [0.2, 0.25) is 0 Å². The van der Waals surface area contributed by atoms with Crippen LogP contribution in [0.4, 0.5) is 0 Å². The van der Waals surface area contributed by atoms with E-state index >= 15 is 0 Å². The first-order valence-corrected chi connectivity index (χ1v) is 42.5. The van der Waals surface area contributed by atoms with Crippen LogP contribution in [0.25, 0.3) is 0 Å². The molecule has 19 heteroatoms. The van der Waals surface area contributed by atoms with Crippen LogP contribution in [0.5, 0.6) is 0 Å². The van der Waals surface area contributed by atoms with Crippen LogP contribution in [0.15, 0.2) is 0 Å². The lowest BCUT2D eigenvalue weighted by Gasteiger charge is -2.21. The molecule has 0 aromatic rings. The maximum atomic E-state index is 13.1. The molecule has 0 rings (SSSR count). The van der Waals surface area contributed by atoms with E-state index < -0.39 is 97.5 Å². The number of carbonyl (C=O) groups is 4. The molecule has 0 amide bonds. The van der Waals surface area contributed by atoms with Crippen LogP contribution < -0.4 is 0 Å². The summed E-state index contributed by atoms with van der Waals surface area (Å²) < 4.78 is 68.4. The number of hydrogen-bond donors (Lipinski definition) is 3. The average molecular weight is 1400 g/mol. The molecule has 17 nitrogen and oxygen atoms in total. The molecular weight excluding hydrogens is 1250 g/mol. The zero-order valence-corrected chi connectivity index (χ0v) is 63.8. The molecule has 3 N–H and O–H groups in total. The summed E-state index contributed by atoms with van der Waals surface area (Å²) in [6, 6.07) is 0. The Morgan fingerprint density at radius 3 is 0.800 bits per heavy atom. The van der Waals surface area contributed by atoms with Gasteiger partial charge in [0.1, 0.15) is 19.3 Å². The molecule has 0 aliphatic heterocycles. The predicted octanol–water partition coefficient (Wildman–Crippen LogP) is 22.3. The number of aliphatic hydroxyl groups is 1. The third-order valence-electron chi connectivity index (χ3n) is 18.1. The van der Waals surface area contributed by atoms with Gasteiger partial charge in [-0.3, -0.25) is 37.3 Å². The highest BCUT2D eigenvalue weighted by atomic mass is 31.2. The van der Waals surface area contributed by atoms with Crippen molar-refractivity contribution in [2.45, 2.75) is 413 Å². The zero-order chi connectivity index (χ0) is 70.0. The molecule has 0 saturated heterocycles. The molecule has 564 valence electrons. The van der Waals surface area contributed by atoms with Crippen LogP contribution in [-0.4, -0.2) is 96.7 Å². The van der Waals surface area contributed by atoms with Crippen molar-refractivity contribution in [2.75, 3.05) is 39.6 Å². The molecule has 6 atom stereocenters. The van der Waals surface area contributed by atoms with Gasteiger partial charge in [0.2, 0.25) is 0 Å². The molecule has 3 unspecified atom stereocenters. The van der Waals surface area contributed by atoms with Gasteiger partial charge < -0.3 is 33.8 Å². The standard InChI is InChI=1S/C76H148O17P2/c1-7-10-12-14-16-18-19-20-21-22-26-29-32-36-40-47-53-59-74(79)87-64-71(92-75(80)60-54-48-41-37-33-30-27-24-23-25-28-31-35-38-44-50-56-68(4)5)66-90-94(82,83)88-62-70(77)63-89-95(84,85)91-67-72(65-86-73(78)58-52-46-39-34-17-15-13-11-8-2)93-76(81)61-55-49-43-42-45-51-57-69(6)9-3/h68-72,77H,7-67H2,1-6H3,(H,82,83)(H,84,85)/t69?,70-,71-,72-/m1/s1. The number of hydrogen-bond acceptors (Lipinski definition) is 15. The third-order valence-corrected chi connectivity index (χ3v) is 20.0. The van der Waals surface area contributed by atoms with Crippen molar-refractivity contribution >= 4 is 39.5 Å². The second-order valence-electron chi connectivity index (χ2n) is 28.1. The van der Waals surface area contributed by atoms with Gasteiger partial charge in [-0.2, -0.15) is 0 Å². The monoisotopic (exact) mass is 1400 g/mol. The summed E-state index contributed by atoms with van der Waals surface area (Å²) in [6.45, 7) is 9.56. The summed E-state index contributed by atoms with van der Waals surface area (Å²) in [7, 11) is -9.91. The average Bonchev–Trinajstić information content (AvgIpc) is 2.01. The number of phosphoric ester groups is 2. The number of unbranched alkanes of at least 4 members (excludes halogenated alkanes) is 44. The van der Waals surface area contributed by atoms with E-state index in [2.05, 4.69) is 41.5 Å². The minimum Gasteiger partial charge on any atom is -0.462 e. The lowest BCUT2D eigenvalue weighted by atomic mass is 10.00. The van der Waals surface area contributed by atoms with E-state index in [1.165, 1.54) is 212 Å². The summed E-state index contributed by atoms with van der Waals surface area (Å²) >= 11 is 0. The smallest absolute Gasteiger partial charge is 0.462 e. The second-order valence-corrected chi connectivity index (χ2v) is 31.0. The topological polar surface area (TPSA) is 237 Å². The summed E-state index contributed by atoms with van der Waals surface area (Å²) in [5.74, 6) is -0.590. The number of phosphoric acid groups is 2. The number of carbonyl (C=O) groups excluding carboxylic acids is 4. The fourth-order valence-electron chi connectivity index (χ4n) is 11.6. The van der Waals surface area contributed by atoms with E-state index in [9.17, 15) is 43.2 Å². The van der Waals surface area contributed by atoms with Gasteiger partial charge in [0.25, 0.3) is 0 Å². The summed E-state index contributed by atoms with van der Waals surface area (Å²) in [5.41, 5.74) is 0. The van der Waals surface area contributed by atoms with Crippen LogP contribution >= 0.6 is 15.6 Å². The lowest BCUT2D eigenvalue weighted by molar-refractivity contribution is -0.161. The number of ether oxygens (including phenoxy) is 4. The molecule has 0 aromatic heterocycles. The van der Waals surface area contributed by atoms with E-state index in [0.29, 0.717) is 25.7 Å². The maximum absolute atomic E-state index is 13.1. The Hall–Kier alpha value is -1.94. The van der Waals surface area contributed by atoms with Crippen LogP contribution in [0.3, 0.4) is 0 Å². The summed E-state index contributed by atoms with van der Waals surface area (Å²) in [4.78, 5) is 72.7. The third kappa shape index (κ3) is 69.0. The number of rotatable bonds is 75. The first kappa shape index (κ1) is 93.1. The van der Waals surface area contributed by atoms with Gasteiger partial charge >= 0.3 is 39.5 Å². The SMILES string of the molecule is CCCCCCCCCCCCCCCCCCCC(=O)OC[C@H](COP(=O)(O)OC[C@@H](O)COP(=O)(O)OC[C@@H](COC(=O)CCCCCCCCCCC)OC(=O)CCCCCCCCC(C)CC)OC(=O)CCCCCCCCCCCCCCCCCCC(C)C. The molecule has 0 aliphatic rings. The van der Waals surface area contributed by atoms with E-state index in [-0.39, 0.29) is 25.7 Å². The Morgan fingerprint density at radius 1 is 0.305 bits per heavy atom. The highest BCUT2D eigenvalue weighted by molar-refractivity contribution is 7.47. The quantitative estimate of drug-likeness (QED) is 0.0222. The van der Waals surface area contributed by atoms with Gasteiger partial charge in [-0.1, -0.05) is 343 Å². The van der Waals surface area contributed by atoms with Crippen molar-refractivity contribution < 1.29 is 80.2 Å². The first-order chi connectivity index (χ1) is 45.9. The first-order valence-electron chi connectivity index (χ1n) is 39.5. The van der Waals surface area contributed by atoms with Crippen molar-refractivity contribution in [3.63, 3.8) is 0 Å². The fourth-order valence-corrected chi connectivity index (χ4v) is 13.2. The molecule has 0 heterocycles. The molecule has 0 saturated carbocycles. The normalized spacial score (nSPS) is 14.3. The Balaban J connectivity index is 5.20. The maximum Gasteiger partial charge on any atom is 0.472 e. The summed E-state index contributed by atoms with van der Waals surface area (Å²) in [5, 5.41) is 10.6. The van der Waals surface area contributed by atoms with Crippen LogP contribution in [-0.2, 0) is 65.4 Å². The molecule has 0 aliphatic carbocycles. The number of esters is 4. The van der Waals surface area contributed by atoms with Gasteiger partial charge in [-0.05, 0) is 37.5 Å².